The molecule has 0 spiro atoms. The van der Waals surface area contributed by atoms with Crippen LogP contribution in [0.2, 0.25) is 0 Å². The van der Waals surface area contributed by atoms with E-state index in [1.165, 1.54) is 54.6 Å². The van der Waals surface area contributed by atoms with Crippen LogP contribution in [0.5, 0.6) is 5.75 Å². The van der Waals surface area contributed by atoms with Gasteiger partial charge in [-0.25, -0.2) is 14.4 Å². The normalized spacial score (nSPS) is 10.1. The SMILES string of the molecule is N#COc1ccc(C(=O)OCCCCCC(=O)OCCOCCOC(=O)CCCCCOC(=O)c2ccc(N=C=O)cc2)cc1. The lowest BCUT2D eigenvalue weighted by atomic mass is 10.2. The van der Waals surface area contributed by atoms with Crippen LogP contribution < -0.4 is 4.74 Å². The van der Waals surface area contributed by atoms with E-state index >= 15 is 0 Å². The monoisotopic (exact) mass is 624 g/mol. The molecule has 0 saturated carbocycles. The molecule has 2 aromatic rings. The summed E-state index contributed by atoms with van der Waals surface area (Å²) in [7, 11) is 0. The van der Waals surface area contributed by atoms with Gasteiger partial charge in [0.15, 0.2) is 0 Å². The summed E-state index contributed by atoms with van der Waals surface area (Å²) in [5, 5.41) is 8.47. The van der Waals surface area contributed by atoms with Gasteiger partial charge < -0.3 is 28.4 Å². The fourth-order valence-electron chi connectivity index (χ4n) is 3.70. The van der Waals surface area contributed by atoms with E-state index in [9.17, 15) is 24.0 Å². The van der Waals surface area contributed by atoms with Crippen LogP contribution in [0.4, 0.5) is 5.69 Å². The number of carbonyl (C=O) groups excluding carboxylic acids is 5. The van der Waals surface area contributed by atoms with Crippen LogP contribution >= 0.6 is 0 Å². The molecule has 0 aliphatic heterocycles. The number of esters is 4. The molecular formula is C32H36N2O11. The Hall–Kier alpha value is -5.05. The maximum Gasteiger partial charge on any atom is 0.338 e. The van der Waals surface area contributed by atoms with Crippen molar-refractivity contribution in [3.8, 4) is 12.0 Å². The van der Waals surface area contributed by atoms with Crippen molar-refractivity contribution in [2.75, 3.05) is 39.6 Å². The van der Waals surface area contributed by atoms with Crippen molar-refractivity contribution < 1.29 is 52.4 Å². The first-order valence-corrected chi connectivity index (χ1v) is 14.5. The summed E-state index contributed by atoms with van der Waals surface area (Å²) < 4.78 is 30.5. The number of benzene rings is 2. The first-order chi connectivity index (χ1) is 21.9. The van der Waals surface area contributed by atoms with Crippen molar-refractivity contribution in [1.29, 1.82) is 5.26 Å². The van der Waals surface area contributed by atoms with Crippen LogP contribution in [0.15, 0.2) is 53.5 Å². The molecule has 0 aliphatic rings. The number of hydrogen-bond donors (Lipinski definition) is 0. The number of unbranched alkanes of at least 4 members (excludes halogenated alkanes) is 4. The van der Waals surface area contributed by atoms with Crippen molar-refractivity contribution in [3.05, 3.63) is 59.7 Å². The molecule has 0 radical (unpaired) electrons. The van der Waals surface area contributed by atoms with Gasteiger partial charge in [-0.2, -0.15) is 4.99 Å². The van der Waals surface area contributed by atoms with Crippen LogP contribution in [0, 0.1) is 11.5 Å². The first-order valence-electron chi connectivity index (χ1n) is 14.5. The van der Waals surface area contributed by atoms with Gasteiger partial charge in [0.2, 0.25) is 6.08 Å². The minimum Gasteiger partial charge on any atom is -0.463 e. The highest BCUT2D eigenvalue weighted by atomic mass is 16.6. The number of isocyanates is 1. The second-order valence-corrected chi connectivity index (χ2v) is 9.41. The second-order valence-electron chi connectivity index (χ2n) is 9.41. The minimum atomic E-state index is -0.478. The zero-order chi connectivity index (χ0) is 32.5. The minimum absolute atomic E-state index is 0.0901. The number of hydrogen-bond acceptors (Lipinski definition) is 13. The molecule has 0 heterocycles. The second kappa shape index (κ2) is 22.5. The van der Waals surface area contributed by atoms with E-state index in [1.807, 2.05) is 0 Å². The van der Waals surface area contributed by atoms with Gasteiger partial charge in [0.05, 0.1) is 43.2 Å². The summed E-state index contributed by atoms with van der Waals surface area (Å²) in [6.07, 6.45) is 7.20. The van der Waals surface area contributed by atoms with Crippen molar-refractivity contribution >= 4 is 35.6 Å². The number of nitrogens with zero attached hydrogens (tertiary/aromatic N) is 2. The predicted octanol–water partition coefficient (Wildman–Crippen LogP) is 4.75. The third-order valence-electron chi connectivity index (χ3n) is 6.03. The maximum absolute atomic E-state index is 12.0. The zero-order valence-corrected chi connectivity index (χ0v) is 24.9. The van der Waals surface area contributed by atoms with Gasteiger partial charge in [-0.3, -0.25) is 9.59 Å². The molecule has 0 atom stereocenters. The molecule has 0 aromatic heterocycles. The number of carbonyl (C=O) groups is 4. The van der Waals surface area contributed by atoms with E-state index < -0.39 is 11.9 Å². The molecule has 13 heteroatoms. The molecule has 0 fully saturated rings. The number of rotatable bonds is 22. The first kappa shape index (κ1) is 36.1. The van der Waals surface area contributed by atoms with E-state index in [2.05, 4.69) is 9.73 Å². The fraction of sp³-hybridized carbons (Fsp3) is 0.438. The molecule has 0 saturated heterocycles. The smallest absolute Gasteiger partial charge is 0.338 e. The van der Waals surface area contributed by atoms with Crippen molar-refractivity contribution in [1.82, 2.24) is 0 Å². The number of ether oxygens (including phenoxy) is 6. The molecule has 2 rings (SSSR count). The molecule has 2 aromatic carbocycles. The lowest BCUT2D eigenvalue weighted by Gasteiger charge is -2.08. The third-order valence-corrected chi connectivity index (χ3v) is 6.03. The lowest BCUT2D eigenvalue weighted by molar-refractivity contribution is -0.146. The van der Waals surface area contributed by atoms with Gasteiger partial charge in [0, 0.05) is 12.8 Å². The topological polar surface area (TPSA) is 177 Å². The van der Waals surface area contributed by atoms with Gasteiger partial charge >= 0.3 is 23.9 Å². The largest absolute Gasteiger partial charge is 0.463 e. The van der Waals surface area contributed by atoms with Gasteiger partial charge in [-0.05, 0) is 87.1 Å². The summed E-state index contributed by atoms with van der Waals surface area (Å²) in [6.45, 7) is 0.979. The average molecular weight is 625 g/mol. The molecule has 0 aliphatic carbocycles. The quantitative estimate of drug-likeness (QED) is 0.0439. The Morgan fingerprint density at radius 3 is 1.56 bits per heavy atom. The van der Waals surface area contributed by atoms with E-state index in [0.717, 1.165) is 0 Å². The molecule has 0 unspecified atom stereocenters. The van der Waals surface area contributed by atoms with Gasteiger partial charge in [0.25, 0.3) is 6.26 Å². The van der Waals surface area contributed by atoms with Crippen molar-refractivity contribution in [3.63, 3.8) is 0 Å². The Bertz CT molecular complexity index is 1300. The molecule has 0 bridgehead atoms. The highest BCUT2D eigenvalue weighted by Crippen LogP contribution is 2.14. The van der Waals surface area contributed by atoms with E-state index in [0.29, 0.717) is 61.1 Å². The average Bonchev–Trinajstić information content (AvgIpc) is 3.04. The highest BCUT2D eigenvalue weighted by Gasteiger charge is 2.09. The Labute approximate surface area is 261 Å². The standard InChI is InChI=1S/C32H36N2O11/c33-23-45-28-15-11-26(12-16-28)32(39)44-18-6-2-4-8-30(37)42-22-20-40-19-21-41-29(36)7-3-1-5-17-43-31(38)25-9-13-27(14-10-25)34-24-35/h9-16H,1-8,17-22H2. The van der Waals surface area contributed by atoms with Crippen LogP contribution in [0.1, 0.15) is 72.1 Å². The van der Waals surface area contributed by atoms with Crippen LogP contribution in [0.3, 0.4) is 0 Å². The molecular weight excluding hydrogens is 588 g/mol. The summed E-state index contributed by atoms with van der Waals surface area (Å²) in [5.41, 5.74) is 1.10. The summed E-state index contributed by atoms with van der Waals surface area (Å²) >= 11 is 0. The van der Waals surface area contributed by atoms with E-state index in [1.54, 1.807) is 6.26 Å². The Kier molecular flexibility index (Phi) is 18.1. The van der Waals surface area contributed by atoms with E-state index in [-0.39, 0.29) is 64.4 Å². The van der Waals surface area contributed by atoms with E-state index in [4.69, 9.17) is 28.9 Å². The number of nitriles is 1. The molecule has 45 heavy (non-hydrogen) atoms. The maximum atomic E-state index is 12.0. The summed E-state index contributed by atoms with van der Waals surface area (Å²) in [6, 6.07) is 12.1. The van der Waals surface area contributed by atoms with Crippen molar-refractivity contribution in [2.24, 2.45) is 4.99 Å². The molecule has 13 nitrogen and oxygen atoms in total. The fourth-order valence-corrected chi connectivity index (χ4v) is 3.70. The van der Waals surface area contributed by atoms with Crippen molar-refractivity contribution in [2.45, 2.75) is 51.4 Å². The van der Waals surface area contributed by atoms with Crippen LogP contribution in [0.25, 0.3) is 0 Å². The summed E-state index contributed by atoms with van der Waals surface area (Å²) in [4.78, 5) is 61.3. The lowest BCUT2D eigenvalue weighted by Crippen LogP contribution is -2.14. The highest BCUT2D eigenvalue weighted by molar-refractivity contribution is 5.90. The van der Waals surface area contributed by atoms with Gasteiger partial charge in [-0.15, -0.1) is 5.26 Å². The Balaban J connectivity index is 1.36. The molecule has 0 amide bonds. The molecule has 240 valence electrons. The summed E-state index contributed by atoms with van der Waals surface area (Å²) in [5.74, 6) is -1.32. The van der Waals surface area contributed by atoms with Crippen LogP contribution in [-0.4, -0.2) is 69.6 Å². The van der Waals surface area contributed by atoms with Gasteiger partial charge in [-0.1, -0.05) is 0 Å². The Morgan fingerprint density at radius 1 is 0.600 bits per heavy atom. The molecule has 0 N–H and O–H groups in total. The van der Waals surface area contributed by atoms with Gasteiger partial charge in [0.1, 0.15) is 19.0 Å². The zero-order valence-electron chi connectivity index (χ0n) is 24.9. The number of aliphatic imine (C=N–C) groups is 1. The third kappa shape index (κ3) is 16.4. The Morgan fingerprint density at radius 2 is 1.09 bits per heavy atom. The predicted molar refractivity (Wildman–Crippen MR) is 157 cm³/mol. The van der Waals surface area contributed by atoms with Crippen LogP contribution in [-0.2, 0) is 38.1 Å².